The number of pyridine rings is 1. The first-order valence-corrected chi connectivity index (χ1v) is 8.13. The van der Waals surface area contributed by atoms with Crippen molar-refractivity contribution in [3.63, 3.8) is 0 Å². The van der Waals surface area contributed by atoms with Crippen LogP contribution >= 0.6 is 11.8 Å². The first-order valence-electron chi connectivity index (χ1n) is 7.08. The minimum atomic E-state index is -1.29. The maximum atomic E-state index is 13.6. The number of rotatable bonds is 3. The molecule has 1 fully saturated rings. The number of ether oxygens (including phenoxy) is 1. The van der Waals surface area contributed by atoms with Gasteiger partial charge in [0.25, 0.3) is 0 Å². The van der Waals surface area contributed by atoms with Crippen LogP contribution in [-0.2, 0) is 0 Å². The highest BCUT2D eigenvalue weighted by Crippen LogP contribution is 2.35. The second-order valence-corrected chi connectivity index (χ2v) is 6.38. The molecule has 5 nitrogen and oxygen atoms in total. The molecule has 0 spiro atoms. The summed E-state index contributed by atoms with van der Waals surface area (Å²) in [5, 5.41) is 29.4. The molecule has 122 valence electrons. The summed E-state index contributed by atoms with van der Waals surface area (Å²) in [6.45, 7) is 0. The average Bonchev–Trinajstić information content (AvgIpc) is 2.56. The van der Waals surface area contributed by atoms with Crippen molar-refractivity contribution < 1.29 is 24.4 Å². The van der Waals surface area contributed by atoms with E-state index in [1.54, 1.807) is 30.6 Å². The van der Waals surface area contributed by atoms with Gasteiger partial charge in [0.15, 0.2) is 5.44 Å². The molecule has 0 bridgehead atoms. The lowest BCUT2D eigenvalue weighted by atomic mass is 10.1. The fraction of sp³-hybridized carbons (Fsp3) is 0.312. The van der Waals surface area contributed by atoms with E-state index in [0.29, 0.717) is 5.56 Å². The van der Waals surface area contributed by atoms with Gasteiger partial charge in [-0.1, -0.05) is 0 Å². The van der Waals surface area contributed by atoms with Crippen molar-refractivity contribution in [2.75, 3.05) is 5.75 Å². The molecule has 1 aliphatic heterocycles. The van der Waals surface area contributed by atoms with Crippen LogP contribution < -0.4 is 4.74 Å². The van der Waals surface area contributed by atoms with Gasteiger partial charge in [0.1, 0.15) is 23.8 Å². The molecule has 2 aromatic rings. The predicted molar refractivity (Wildman–Crippen MR) is 84.5 cm³/mol. The van der Waals surface area contributed by atoms with E-state index in [4.69, 9.17) is 4.74 Å². The Hall–Kier alpha value is -1.67. The van der Waals surface area contributed by atoms with Crippen LogP contribution in [-0.4, -0.2) is 49.8 Å². The van der Waals surface area contributed by atoms with Crippen molar-refractivity contribution in [1.82, 2.24) is 4.98 Å². The molecule has 4 atom stereocenters. The summed E-state index contributed by atoms with van der Waals surface area (Å²) in [7, 11) is 0. The number of aliphatic hydroxyl groups excluding tert-OH is 3. The van der Waals surface area contributed by atoms with Crippen molar-refractivity contribution in [1.29, 1.82) is 0 Å². The lowest BCUT2D eigenvalue weighted by Crippen LogP contribution is -2.50. The smallest absolute Gasteiger partial charge is 0.173 e. The van der Waals surface area contributed by atoms with Crippen LogP contribution in [0.1, 0.15) is 0 Å². The van der Waals surface area contributed by atoms with Gasteiger partial charge in [-0.2, -0.15) is 0 Å². The van der Waals surface area contributed by atoms with Gasteiger partial charge >= 0.3 is 0 Å². The number of aliphatic hydroxyl groups is 3. The Morgan fingerprint density at radius 2 is 1.83 bits per heavy atom. The molecule has 1 saturated heterocycles. The molecule has 1 aromatic carbocycles. The summed E-state index contributed by atoms with van der Waals surface area (Å²) in [5.74, 6) is 0.0213. The van der Waals surface area contributed by atoms with Gasteiger partial charge in [0.05, 0.1) is 6.10 Å². The minimum Gasteiger partial charge on any atom is -0.476 e. The van der Waals surface area contributed by atoms with Crippen LogP contribution in [0.2, 0.25) is 0 Å². The zero-order valence-corrected chi connectivity index (χ0v) is 12.9. The van der Waals surface area contributed by atoms with E-state index in [9.17, 15) is 19.7 Å². The van der Waals surface area contributed by atoms with Crippen LogP contribution in [0.15, 0.2) is 42.7 Å². The summed E-state index contributed by atoms with van der Waals surface area (Å²) in [6.07, 6.45) is -0.335. The zero-order chi connectivity index (χ0) is 16.4. The van der Waals surface area contributed by atoms with Gasteiger partial charge in [-0.15, -0.1) is 11.8 Å². The summed E-state index contributed by atoms with van der Waals surface area (Å²) in [5.41, 5.74) is 0.656. The molecule has 0 aliphatic carbocycles. The molecule has 7 heteroatoms. The molecule has 23 heavy (non-hydrogen) atoms. The van der Waals surface area contributed by atoms with Gasteiger partial charge < -0.3 is 20.1 Å². The number of benzene rings is 1. The quantitative estimate of drug-likeness (QED) is 0.786. The summed E-state index contributed by atoms with van der Waals surface area (Å²) in [6, 6.07) is 7.68. The maximum absolute atomic E-state index is 13.6. The lowest BCUT2D eigenvalue weighted by molar-refractivity contribution is -0.0785. The molecule has 2 heterocycles. The third-order valence-corrected chi connectivity index (χ3v) is 4.87. The number of nitrogens with zero attached hydrogens (tertiary/aromatic N) is 1. The van der Waals surface area contributed by atoms with E-state index >= 15 is 0 Å². The predicted octanol–water partition coefficient (Wildman–Crippen LogP) is 1.42. The summed E-state index contributed by atoms with van der Waals surface area (Å²) < 4.78 is 19.3. The molecule has 1 aliphatic rings. The van der Waals surface area contributed by atoms with E-state index < -0.39 is 29.6 Å². The van der Waals surface area contributed by atoms with E-state index in [0.717, 1.165) is 5.56 Å². The van der Waals surface area contributed by atoms with Crippen LogP contribution in [0.5, 0.6) is 5.75 Å². The van der Waals surface area contributed by atoms with Crippen molar-refractivity contribution in [2.45, 2.75) is 23.7 Å². The number of halogens is 1. The zero-order valence-electron chi connectivity index (χ0n) is 12.0. The van der Waals surface area contributed by atoms with Gasteiger partial charge in [0.2, 0.25) is 0 Å². The third kappa shape index (κ3) is 3.48. The average molecular weight is 337 g/mol. The summed E-state index contributed by atoms with van der Waals surface area (Å²) >= 11 is 1.17. The Balaban J connectivity index is 1.89. The monoisotopic (exact) mass is 337 g/mol. The highest BCUT2D eigenvalue weighted by Gasteiger charge is 2.38. The molecule has 0 unspecified atom stereocenters. The second kappa shape index (κ2) is 6.84. The number of hydrogen-bond donors (Lipinski definition) is 3. The Kier molecular flexibility index (Phi) is 4.82. The topological polar surface area (TPSA) is 82.8 Å². The molecule has 0 amide bonds. The number of hydrogen-bond acceptors (Lipinski definition) is 6. The molecule has 1 aromatic heterocycles. The highest BCUT2D eigenvalue weighted by atomic mass is 32.2. The van der Waals surface area contributed by atoms with Crippen molar-refractivity contribution in [3.05, 3.63) is 48.5 Å². The Bertz CT molecular complexity index is 672. The first kappa shape index (κ1) is 16.2. The van der Waals surface area contributed by atoms with E-state index in [1.165, 1.54) is 23.9 Å². The fourth-order valence-electron chi connectivity index (χ4n) is 2.37. The third-order valence-electron chi connectivity index (χ3n) is 3.63. The van der Waals surface area contributed by atoms with Crippen LogP contribution in [0.25, 0.3) is 11.1 Å². The molecule has 0 radical (unpaired) electrons. The first-order chi connectivity index (χ1) is 11.1. The van der Waals surface area contributed by atoms with Crippen LogP contribution in [0, 0.1) is 5.82 Å². The minimum absolute atomic E-state index is 0.225. The van der Waals surface area contributed by atoms with E-state index in [-0.39, 0.29) is 11.5 Å². The van der Waals surface area contributed by atoms with E-state index in [2.05, 4.69) is 4.98 Å². The second-order valence-electron chi connectivity index (χ2n) is 5.24. The highest BCUT2D eigenvalue weighted by molar-refractivity contribution is 7.99. The number of thioether (sulfide) groups is 1. The van der Waals surface area contributed by atoms with Gasteiger partial charge in [-0.3, -0.25) is 4.98 Å². The molecule has 3 N–H and O–H groups in total. The Labute approximate surface area is 136 Å². The Morgan fingerprint density at radius 3 is 2.57 bits per heavy atom. The largest absolute Gasteiger partial charge is 0.476 e. The van der Waals surface area contributed by atoms with Gasteiger partial charge in [-0.25, -0.2) is 4.39 Å². The summed E-state index contributed by atoms with van der Waals surface area (Å²) in [4.78, 5) is 3.94. The standard InChI is InChI=1S/C16H16FNO4S/c17-10-1-2-11(9-3-5-18-6-4-9)13(7-10)22-16-15(21)14(20)12(19)8-23-16/h1-7,12,14-16,19-21H,8H2/t12-,14+,15-,16+/m1/s1. The maximum Gasteiger partial charge on any atom is 0.173 e. The van der Waals surface area contributed by atoms with Gasteiger partial charge in [0, 0.05) is 29.8 Å². The Morgan fingerprint density at radius 1 is 1.09 bits per heavy atom. The number of aromatic nitrogens is 1. The van der Waals surface area contributed by atoms with Crippen LogP contribution in [0.4, 0.5) is 4.39 Å². The van der Waals surface area contributed by atoms with Crippen molar-refractivity contribution in [2.24, 2.45) is 0 Å². The molecular weight excluding hydrogens is 321 g/mol. The van der Waals surface area contributed by atoms with Crippen molar-refractivity contribution >= 4 is 11.8 Å². The van der Waals surface area contributed by atoms with Crippen molar-refractivity contribution in [3.8, 4) is 16.9 Å². The molecular formula is C16H16FNO4S. The lowest BCUT2D eigenvalue weighted by Gasteiger charge is -2.34. The fourth-order valence-corrected chi connectivity index (χ4v) is 3.49. The van der Waals surface area contributed by atoms with E-state index in [1.807, 2.05) is 0 Å². The van der Waals surface area contributed by atoms with Crippen LogP contribution in [0.3, 0.4) is 0 Å². The van der Waals surface area contributed by atoms with Gasteiger partial charge in [-0.05, 0) is 29.8 Å². The molecule has 3 rings (SSSR count). The SMILES string of the molecule is O[C@@H]1[C@@H](O)[C@@H](Oc2cc(F)ccc2-c2ccncc2)SC[C@H]1O. The molecule has 0 saturated carbocycles. The normalized spacial score (nSPS) is 27.7.